The summed E-state index contributed by atoms with van der Waals surface area (Å²) in [6.07, 6.45) is 4.11. The summed E-state index contributed by atoms with van der Waals surface area (Å²) in [5.41, 5.74) is 0.0438. The van der Waals surface area contributed by atoms with Gasteiger partial charge in [0.25, 0.3) is 0 Å². The summed E-state index contributed by atoms with van der Waals surface area (Å²) in [5.74, 6) is 3.15. The molecule has 0 bridgehead atoms. The zero-order valence-corrected chi connectivity index (χ0v) is 21.1. The van der Waals surface area contributed by atoms with E-state index in [1.54, 1.807) is 13.8 Å². The highest BCUT2D eigenvalue weighted by Gasteiger charge is 2.35. The van der Waals surface area contributed by atoms with Crippen molar-refractivity contribution in [2.45, 2.75) is 64.6 Å². The molecule has 0 radical (unpaired) electrons. The Kier molecular flexibility index (Phi) is 7.33. The van der Waals surface area contributed by atoms with Crippen LogP contribution in [0, 0.1) is 11.8 Å². The first kappa shape index (κ1) is 24.7. The number of aliphatic hydroxyl groups is 1. The maximum absolute atomic E-state index is 12.5. The Balaban J connectivity index is 1.32. The number of hydrogen-bond acceptors (Lipinski definition) is 7. The number of benzene rings is 1. The Labute approximate surface area is 206 Å². The lowest BCUT2D eigenvalue weighted by molar-refractivity contribution is -0.120. The summed E-state index contributed by atoms with van der Waals surface area (Å²) in [5, 5.41) is 10.2. The molecule has 1 aliphatic carbocycles. The van der Waals surface area contributed by atoms with Crippen LogP contribution in [0.5, 0.6) is 11.6 Å². The highest BCUT2D eigenvalue weighted by molar-refractivity contribution is 6.34. The molecule has 7 nitrogen and oxygen atoms in total. The van der Waals surface area contributed by atoms with Gasteiger partial charge in [-0.05, 0) is 49.8 Å². The minimum Gasteiger partial charge on any atom is -0.489 e. The quantitative estimate of drug-likeness (QED) is 0.521. The van der Waals surface area contributed by atoms with Gasteiger partial charge in [-0.3, -0.25) is 4.79 Å². The normalized spacial score (nSPS) is 23.0. The predicted molar refractivity (Wildman–Crippen MR) is 132 cm³/mol. The summed E-state index contributed by atoms with van der Waals surface area (Å²) >= 11 is 6.50. The van der Waals surface area contributed by atoms with E-state index >= 15 is 0 Å². The van der Waals surface area contributed by atoms with Crippen LogP contribution in [-0.2, 0) is 4.79 Å². The van der Waals surface area contributed by atoms with Gasteiger partial charge in [-0.2, -0.15) is 0 Å². The molecule has 1 saturated carbocycles. The molecule has 1 saturated heterocycles. The van der Waals surface area contributed by atoms with Gasteiger partial charge in [0.1, 0.15) is 35.6 Å². The molecule has 8 heteroatoms. The smallest absolute Gasteiger partial charge is 0.238 e. The van der Waals surface area contributed by atoms with E-state index in [9.17, 15) is 9.90 Å². The van der Waals surface area contributed by atoms with Crippen molar-refractivity contribution in [2.75, 3.05) is 24.6 Å². The maximum Gasteiger partial charge on any atom is 0.238 e. The van der Waals surface area contributed by atoms with Crippen LogP contribution in [0.25, 0.3) is 0 Å². The summed E-state index contributed by atoms with van der Waals surface area (Å²) in [7, 11) is 0. The molecule has 4 atom stereocenters. The first-order valence-corrected chi connectivity index (χ1v) is 12.4. The van der Waals surface area contributed by atoms with Gasteiger partial charge in [-0.15, -0.1) is 0 Å². The molecule has 2 fully saturated rings. The Morgan fingerprint density at radius 2 is 2.00 bits per heavy atom. The highest BCUT2D eigenvalue weighted by Crippen LogP contribution is 2.42. The van der Waals surface area contributed by atoms with E-state index in [0.29, 0.717) is 41.4 Å². The zero-order valence-electron chi connectivity index (χ0n) is 20.3. The second-order valence-corrected chi connectivity index (χ2v) is 10.7. The van der Waals surface area contributed by atoms with Gasteiger partial charge in [-0.25, -0.2) is 9.97 Å². The number of carbonyl (C=O) groups is 1. The van der Waals surface area contributed by atoms with E-state index in [1.807, 2.05) is 31.2 Å². The van der Waals surface area contributed by atoms with Gasteiger partial charge < -0.3 is 19.5 Å². The second kappa shape index (κ2) is 10.1. The summed E-state index contributed by atoms with van der Waals surface area (Å²) in [6, 6.07) is 7.88. The fourth-order valence-corrected chi connectivity index (χ4v) is 4.53. The molecule has 1 N–H and O–H groups in total. The van der Waals surface area contributed by atoms with Crippen molar-refractivity contribution in [1.82, 2.24) is 9.97 Å². The third-order valence-corrected chi connectivity index (χ3v) is 6.98. The van der Waals surface area contributed by atoms with Gasteiger partial charge in [0.05, 0.1) is 12.1 Å². The minimum absolute atomic E-state index is 0.00645. The van der Waals surface area contributed by atoms with E-state index in [2.05, 4.69) is 21.8 Å². The van der Waals surface area contributed by atoms with Gasteiger partial charge in [0.2, 0.25) is 5.88 Å². The van der Waals surface area contributed by atoms with Gasteiger partial charge in [0, 0.05) is 25.3 Å². The third-order valence-electron chi connectivity index (χ3n) is 6.65. The lowest BCUT2D eigenvalue weighted by Gasteiger charge is -2.21. The molecule has 1 aliphatic heterocycles. The van der Waals surface area contributed by atoms with Crippen LogP contribution in [0.3, 0.4) is 0 Å². The standard InChI is InChI=1S/C26H34ClN3O4/c1-16-11-19(16)12-22(31)17(2)18-5-7-20(8-6-18)34-21-9-10-30(13-21)24-23(27)25(29-15-28-24)33-14-26(3,4)32/h5-8,15-17,19,21,32H,9-14H2,1-4H3. The van der Waals surface area contributed by atoms with Crippen molar-refractivity contribution in [3.05, 3.63) is 41.2 Å². The number of halogens is 1. The van der Waals surface area contributed by atoms with Gasteiger partial charge in [-0.1, -0.05) is 37.6 Å². The fourth-order valence-electron chi connectivity index (χ4n) is 4.26. The maximum atomic E-state index is 12.5. The van der Waals surface area contributed by atoms with Crippen molar-refractivity contribution in [3.8, 4) is 11.6 Å². The molecular formula is C26H34ClN3O4. The predicted octanol–water partition coefficient (Wildman–Crippen LogP) is 4.66. The van der Waals surface area contributed by atoms with E-state index in [1.165, 1.54) is 12.7 Å². The van der Waals surface area contributed by atoms with Crippen molar-refractivity contribution in [2.24, 2.45) is 11.8 Å². The molecular weight excluding hydrogens is 454 g/mol. The first-order chi connectivity index (χ1) is 16.1. The van der Waals surface area contributed by atoms with E-state index in [0.717, 1.165) is 24.3 Å². The number of Topliss-reactive ketones (excluding diaryl/α,β-unsaturated/α-hetero) is 1. The van der Waals surface area contributed by atoms with E-state index in [-0.39, 0.29) is 24.5 Å². The van der Waals surface area contributed by atoms with Crippen molar-refractivity contribution >= 4 is 23.2 Å². The van der Waals surface area contributed by atoms with Gasteiger partial charge >= 0.3 is 0 Å². The summed E-state index contributed by atoms with van der Waals surface area (Å²) in [4.78, 5) is 23.0. The number of hydrogen-bond donors (Lipinski definition) is 1. The zero-order chi connectivity index (χ0) is 24.5. The average Bonchev–Trinajstić information content (AvgIpc) is 3.28. The van der Waals surface area contributed by atoms with Crippen LogP contribution in [0.15, 0.2) is 30.6 Å². The Hall–Kier alpha value is -2.38. The monoisotopic (exact) mass is 487 g/mol. The number of carbonyl (C=O) groups excluding carboxylic acids is 1. The topological polar surface area (TPSA) is 84.8 Å². The van der Waals surface area contributed by atoms with Crippen molar-refractivity contribution in [1.29, 1.82) is 0 Å². The Morgan fingerprint density at radius 1 is 1.29 bits per heavy atom. The third kappa shape index (κ3) is 6.19. The summed E-state index contributed by atoms with van der Waals surface area (Å²) < 4.78 is 11.8. The molecule has 0 amide bonds. The highest BCUT2D eigenvalue weighted by atomic mass is 35.5. The van der Waals surface area contributed by atoms with Crippen LogP contribution >= 0.6 is 11.6 Å². The van der Waals surface area contributed by atoms with Crippen LogP contribution in [0.1, 0.15) is 58.4 Å². The largest absolute Gasteiger partial charge is 0.489 e. The second-order valence-electron chi connectivity index (χ2n) is 10.3. The first-order valence-electron chi connectivity index (χ1n) is 12.0. The Bertz CT molecular complexity index is 1010. The number of anilines is 1. The molecule has 184 valence electrons. The van der Waals surface area contributed by atoms with Crippen molar-refractivity contribution in [3.63, 3.8) is 0 Å². The minimum atomic E-state index is -0.989. The SMILES string of the molecule is CC(C(=O)CC1CC1C)c1ccc(OC2CCN(c3ncnc(OCC(C)(C)O)c3Cl)C2)cc1. The molecule has 4 rings (SSSR count). The van der Waals surface area contributed by atoms with Crippen LogP contribution in [0.2, 0.25) is 5.02 Å². The molecule has 2 aromatic rings. The van der Waals surface area contributed by atoms with Crippen molar-refractivity contribution < 1.29 is 19.4 Å². The lowest BCUT2D eigenvalue weighted by atomic mass is 9.93. The molecule has 1 aromatic carbocycles. The number of rotatable bonds is 10. The van der Waals surface area contributed by atoms with E-state index < -0.39 is 5.60 Å². The molecule has 1 aromatic heterocycles. The lowest BCUT2D eigenvalue weighted by Crippen LogP contribution is -2.29. The van der Waals surface area contributed by atoms with E-state index in [4.69, 9.17) is 21.1 Å². The molecule has 2 aliphatic rings. The summed E-state index contributed by atoms with van der Waals surface area (Å²) in [6.45, 7) is 8.98. The molecule has 34 heavy (non-hydrogen) atoms. The van der Waals surface area contributed by atoms with Gasteiger partial charge in [0.15, 0.2) is 5.82 Å². The number of aromatic nitrogens is 2. The fraction of sp³-hybridized carbons (Fsp3) is 0.577. The number of ether oxygens (including phenoxy) is 2. The number of ketones is 1. The molecule has 2 heterocycles. The molecule has 0 spiro atoms. The van der Waals surface area contributed by atoms with Crippen LogP contribution in [-0.4, -0.2) is 52.3 Å². The molecule has 4 unspecified atom stereocenters. The Morgan fingerprint density at radius 3 is 2.65 bits per heavy atom. The van der Waals surface area contributed by atoms with Crippen LogP contribution < -0.4 is 14.4 Å². The van der Waals surface area contributed by atoms with Crippen LogP contribution in [0.4, 0.5) is 5.82 Å². The number of nitrogens with zero attached hydrogens (tertiary/aromatic N) is 3. The average molecular weight is 488 g/mol.